The molecular weight excluding hydrogens is 184 g/mol. The van der Waals surface area contributed by atoms with Crippen LogP contribution in [0.5, 0.6) is 0 Å². The lowest BCUT2D eigenvalue weighted by molar-refractivity contribution is 0.0435. The second-order valence-electron chi connectivity index (χ2n) is 5.18. The molecule has 0 bridgehead atoms. The lowest BCUT2D eigenvalue weighted by atomic mass is 9.85. The molecule has 0 aromatic rings. The fourth-order valence-corrected chi connectivity index (χ4v) is 2.71. The average Bonchev–Trinajstić information content (AvgIpc) is 2.28. The minimum atomic E-state index is 0.407. The van der Waals surface area contributed by atoms with E-state index in [1.54, 1.807) is 0 Å². The van der Waals surface area contributed by atoms with Crippen molar-refractivity contribution in [3.63, 3.8) is 0 Å². The molecule has 1 heterocycles. The fraction of sp³-hybridized carbons (Fsp3) is 1.00. The number of rotatable bonds is 4. The Kier molecular flexibility index (Phi) is 4.60. The molecule has 2 unspecified atom stereocenters. The molecule has 0 aromatic carbocycles. The van der Waals surface area contributed by atoms with E-state index in [9.17, 15) is 0 Å². The summed E-state index contributed by atoms with van der Waals surface area (Å²) in [5.41, 5.74) is 0.407. The third kappa shape index (κ3) is 2.54. The van der Waals surface area contributed by atoms with Gasteiger partial charge in [-0.2, -0.15) is 0 Å². The Balaban J connectivity index is 2.61. The molecule has 1 saturated heterocycles. The van der Waals surface area contributed by atoms with Crippen molar-refractivity contribution in [3.05, 3.63) is 0 Å². The van der Waals surface area contributed by atoms with E-state index in [1.807, 2.05) is 0 Å². The van der Waals surface area contributed by atoms with E-state index in [2.05, 4.69) is 45.0 Å². The van der Waals surface area contributed by atoms with Crippen molar-refractivity contribution in [3.8, 4) is 0 Å². The highest BCUT2D eigenvalue weighted by Crippen LogP contribution is 2.27. The van der Waals surface area contributed by atoms with Gasteiger partial charge in [-0.25, -0.2) is 0 Å². The van der Waals surface area contributed by atoms with Gasteiger partial charge >= 0.3 is 0 Å². The lowest BCUT2D eigenvalue weighted by Crippen LogP contribution is -2.64. The zero-order valence-electron chi connectivity index (χ0n) is 11.1. The third-order valence-corrected chi connectivity index (χ3v) is 4.62. The maximum absolute atomic E-state index is 3.75. The van der Waals surface area contributed by atoms with E-state index in [4.69, 9.17) is 0 Å². The molecule has 1 rings (SSSR count). The number of piperazine rings is 1. The van der Waals surface area contributed by atoms with E-state index < -0.39 is 0 Å². The Labute approximate surface area is 95.4 Å². The Morgan fingerprint density at radius 1 is 1.33 bits per heavy atom. The molecule has 90 valence electrons. The molecule has 1 aliphatic rings. The summed E-state index contributed by atoms with van der Waals surface area (Å²) in [6.45, 7) is 11.6. The van der Waals surface area contributed by atoms with E-state index in [0.29, 0.717) is 11.6 Å². The van der Waals surface area contributed by atoms with Gasteiger partial charge in [0.1, 0.15) is 0 Å². The quantitative estimate of drug-likeness (QED) is 0.770. The van der Waals surface area contributed by atoms with Gasteiger partial charge in [0.15, 0.2) is 0 Å². The van der Waals surface area contributed by atoms with Crippen LogP contribution in [0.25, 0.3) is 0 Å². The zero-order chi connectivity index (χ0) is 11.5. The Morgan fingerprint density at radius 2 is 1.93 bits per heavy atom. The molecule has 2 atom stereocenters. The Hall–Kier alpha value is -0.0800. The van der Waals surface area contributed by atoms with Crippen LogP contribution in [0.1, 0.15) is 47.0 Å². The third-order valence-electron chi connectivity index (χ3n) is 4.62. The molecular formula is C13H28N2. The highest BCUT2D eigenvalue weighted by atomic mass is 15.3. The number of hydrogen-bond donors (Lipinski definition) is 1. The fourth-order valence-electron chi connectivity index (χ4n) is 2.71. The maximum Gasteiger partial charge on any atom is 0.0326 e. The molecule has 15 heavy (non-hydrogen) atoms. The molecule has 2 heteroatoms. The predicted molar refractivity (Wildman–Crippen MR) is 67.2 cm³/mol. The van der Waals surface area contributed by atoms with Gasteiger partial charge in [-0.1, -0.05) is 34.1 Å². The van der Waals surface area contributed by atoms with Gasteiger partial charge in [0.05, 0.1) is 0 Å². The highest BCUT2D eigenvalue weighted by molar-refractivity contribution is 4.96. The van der Waals surface area contributed by atoms with Crippen LogP contribution in [-0.2, 0) is 0 Å². The molecule has 2 nitrogen and oxygen atoms in total. The van der Waals surface area contributed by atoms with E-state index in [1.165, 1.54) is 25.8 Å². The number of likely N-dealkylation sites (N-methyl/N-ethyl adjacent to an activating group) is 1. The van der Waals surface area contributed by atoms with Gasteiger partial charge in [0, 0.05) is 24.7 Å². The van der Waals surface area contributed by atoms with Crippen LogP contribution in [0.15, 0.2) is 0 Å². The number of hydrogen-bond acceptors (Lipinski definition) is 2. The van der Waals surface area contributed by atoms with Gasteiger partial charge in [0.2, 0.25) is 0 Å². The lowest BCUT2D eigenvalue weighted by Gasteiger charge is -2.49. The van der Waals surface area contributed by atoms with Crippen LogP contribution in [0.4, 0.5) is 0 Å². The number of nitrogens with one attached hydrogen (secondary N) is 1. The molecule has 0 saturated carbocycles. The van der Waals surface area contributed by atoms with Gasteiger partial charge in [-0.15, -0.1) is 0 Å². The first-order valence-corrected chi connectivity index (χ1v) is 6.54. The first-order valence-electron chi connectivity index (χ1n) is 6.54. The smallest absolute Gasteiger partial charge is 0.0326 e. The summed E-state index contributed by atoms with van der Waals surface area (Å²) in [7, 11) is 2.29. The summed E-state index contributed by atoms with van der Waals surface area (Å²) in [5, 5.41) is 3.75. The van der Waals surface area contributed by atoms with Crippen molar-refractivity contribution in [1.82, 2.24) is 10.2 Å². The van der Waals surface area contributed by atoms with Gasteiger partial charge in [-0.05, 0) is 25.8 Å². The van der Waals surface area contributed by atoms with Gasteiger partial charge < -0.3 is 5.32 Å². The molecule has 1 N–H and O–H groups in total. The van der Waals surface area contributed by atoms with Crippen LogP contribution < -0.4 is 5.32 Å². The average molecular weight is 212 g/mol. The van der Waals surface area contributed by atoms with Crippen molar-refractivity contribution in [2.75, 3.05) is 20.1 Å². The van der Waals surface area contributed by atoms with E-state index >= 15 is 0 Å². The van der Waals surface area contributed by atoms with Crippen LogP contribution in [0, 0.1) is 5.92 Å². The highest BCUT2D eigenvalue weighted by Gasteiger charge is 2.37. The van der Waals surface area contributed by atoms with Crippen molar-refractivity contribution in [2.45, 2.75) is 58.5 Å². The SMILES string of the molecule is CCC(C)C1CN(C)C(CC)(CC)CN1. The normalized spacial score (nSPS) is 29.0. The summed E-state index contributed by atoms with van der Waals surface area (Å²) >= 11 is 0. The Bertz CT molecular complexity index is 187. The van der Waals surface area contributed by atoms with Crippen LogP contribution >= 0.6 is 0 Å². The van der Waals surface area contributed by atoms with E-state index in [0.717, 1.165) is 12.5 Å². The summed E-state index contributed by atoms with van der Waals surface area (Å²) < 4.78 is 0. The molecule has 1 aliphatic heterocycles. The first kappa shape index (κ1) is 13.0. The summed E-state index contributed by atoms with van der Waals surface area (Å²) in [6.07, 6.45) is 3.78. The second-order valence-corrected chi connectivity index (χ2v) is 5.18. The van der Waals surface area contributed by atoms with Gasteiger partial charge in [-0.3, -0.25) is 4.90 Å². The zero-order valence-corrected chi connectivity index (χ0v) is 11.1. The summed E-state index contributed by atoms with van der Waals surface area (Å²) in [6, 6.07) is 0.686. The van der Waals surface area contributed by atoms with Gasteiger partial charge in [0.25, 0.3) is 0 Å². The van der Waals surface area contributed by atoms with E-state index in [-0.39, 0.29) is 0 Å². The van der Waals surface area contributed by atoms with Crippen LogP contribution in [-0.4, -0.2) is 36.6 Å². The van der Waals surface area contributed by atoms with Crippen LogP contribution in [0.2, 0.25) is 0 Å². The standard InChI is InChI=1S/C13H28N2/c1-6-11(4)12-9-15(5)13(7-2,8-3)10-14-12/h11-12,14H,6-10H2,1-5H3. The first-order chi connectivity index (χ1) is 7.09. The molecule has 0 spiro atoms. The summed E-state index contributed by atoms with van der Waals surface area (Å²) in [5.74, 6) is 0.791. The maximum atomic E-state index is 3.75. The summed E-state index contributed by atoms with van der Waals surface area (Å²) in [4.78, 5) is 2.58. The van der Waals surface area contributed by atoms with Crippen molar-refractivity contribution in [1.29, 1.82) is 0 Å². The number of nitrogens with zero attached hydrogens (tertiary/aromatic N) is 1. The molecule has 0 aliphatic carbocycles. The monoisotopic (exact) mass is 212 g/mol. The Morgan fingerprint density at radius 3 is 2.33 bits per heavy atom. The minimum absolute atomic E-state index is 0.407. The molecule has 0 aromatic heterocycles. The second kappa shape index (κ2) is 5.31. The topological polar surface area (TPSA) is 15.3 Å². The minimum Gasteiger partial charge on any atom is -0.311 e. The largest absolute Gasteiger partial charge is 0.311 e. The van der Waals surface area contributed by atoms with Crippen molar-refractivity contribution >= 4 is 0 Å². The predicted octanol–water partition coefficient (Wildman–Crippen LogP) is 2.49. The molecule has 0 amide bonds. The van der Waals surface area contributed by atoms with Crippen molar-refractivity contribution in [2.24, 2.45) is 5.92 Å². The van der Waals surface area contributed by atoms with Crippen LogP contribution in [0.3, 0.4) is 0 Å². The molecule has 0 radical (unpaired) electrons. The van der Waals surface area contributed by atoms with Crippen molar-refractivity contribution < 1.29 is 0 Å². The molecule has 1 fully saturated rings.